The summed E-state index contributed by atoms with van der Waals surface area (Å²) in [7, 11) is 1.86. The molecule has 0 aromatic carbocycles. The topological polar surface area (TPSA) is 88.9 Å². The molecule has 0 radical (unpaired) electrons. The van der Waals surface area contributed by atoms with Crippen molar-refractivity contribution in [3.63, 3.8) is 0 Å². The van der Waals surface area contributed by atoms with Crippen LogP contribution >= 0.6 is 0 Å². The van der Waals surface area contributed by atoms with Gasteiger partial charge in [0.15, 0.2) is 12.4 Å². The third-order valence-corrected chi connectivity index (χ3v) is 4.36. The number of nitrogens with zero attached hydrogens (tertiary/aromatic N) is 5. The number of amides is 1. The van der Waals surface area contributed by atoms with Crippen LogP contribution in [0.4, 0.5) is 0 Å². The number of aromatic amines is 1. The highest BCUT2D eigenvalue weighted by Crippen LogP contribution is 2.29. The summed E-state index contributed by atoms with van der Waals surface area (Å²) in [6, 6.07) is -0.0431. The summed E-state index contributed by atoms with van der Waals surface area (Å²) in [5, 5.41) is 11.1. The molecule has 1 fully saturated rings. The standard InChI is InChI=1S/C15H22N6O2/c1-10-14(11(2)20(3)19-10)23-8-13(22)21-7-5-4-6-12(21)15-16-9-17-18-15/h9,12H,4-8H2,1-3H3,(H,16,17,18). The molecule has 1 aliphatic heterocycles. The number of rotatable bonds is 4. The van der Waals surface area contributed by atoms with E-state index in [0.29, 0.717) is 5.75 Å². The highest BCUT2D eigenvalue weighted by Gasteiger charge is 2.30. The van der Waals surface area contributed by atoms with Crippen molar-refractivity contribution in [3.8, 4) is 5.75 Å². The van der Waals surface area contributed by atoms with Crippen LogP contribution < -0.4 is 4.74 Å². The zero-order valence-electron chi connectivity index (χ0n) is 13.7. The van der Waals surface area contributed by atoms with E-state index in [1.807, 2.05) is 25.8 Å². The van der Waals surface area contributed by atoms with Gasteiger partial charge < -0.3 is 9.64 Å². The van der Waals surface area contributed by atoms with Gasteiger partial charge in [-0.05, 0) is 33.1 Å². The molecule has 2 aromatic rings. The number of carbonyl (C=O) groups is 1. The van der Waals surface area contributed by atoms with Crippen LogP contribution in [0.15, 0.2) is 6.33 Å². The molecule has 3 heterocycles. The predicted octanol–water partition coefficient (Wildman–Crippen LogP) is 1.29. The molecule has 124 valence electrons. The summed E-state index contributed by atoms with van der Waals surface area (Å²) in [4.78, 5) is 18.7. The summed E-state index contributed by atoms with van der Waals surface area (Å²) in [6.45, 7) is 4.54. The van der Waals surface area contributed by atoms with E-state index in [4.69, 9.17) is 4.74 Å². The van der Waals surface area contributed by atoms with Gasteiger partial charge in [-0.3, -0.25) is 14.6 Å². The Morgan fingerprint density at radius 3 is 2.91 bits per heavy atom. The molecule has 0 saturated carbocycles. The molecular formula is C15H22N6O2. The van der Waals surface area contributed by atoms with E-state index in [0.717, 1.165) is 43.0 Å². The van der Waals surface area contributed by atoms with Crippen molar-refractivity contribution in [2.45, 2.75) is 39.2 Å². The lowest BCUT2D eigenvalue weighted by molar-refractivity contribution is -0.137. The van der Waals surface area contributed by atoms with Gasteiger partial charge in [0.25, 0.3) is 5.91 Å². The number of hydrogen-bond acceptors (Lipinski definition) is 5. The predicted molar refractivity (Wildman–Crippen MR) is 82.9 cm³/mol. The Bertz CT molecular complexity index is 678. The van der Waals surface area contributed by atoms with E-state index in [-0.39, 0.29) is 18.6 Å². The molecule has 3 rings (SSSR count). The molecule has 8 heteroatoms. The molecule has 1 aliphatic rings. The maximum absolute atomic E-state index is 12.6. The van der Waals surface area contributed by atoms with E-state index >= 15 is 0 Å². The number of hydrogen-bond donors (Lipinski definition) is 1. The van der Waals surface area contributed by atoms with Gasteiger partial charge in [-0.25, -0.2) is 4.98 Å². The van der Waals surface area contributed by atoms with Crippen molar-refractivity contribution in [2.75, 3.05) is 13.2 Å². The van der Waals surface area contributed by atoms with Crippen molar-refractivity contribution in [3.05, 3.63) is 23.5 Å². The summed E-state index contributed by atoms with van der Waals surface area (Å²) in [6.07, 6.45) is 4.45. The number of ether oxygens (including phenoxy) is 1. The first kappa shape index (κ1) is 15.5. The Hall–Kier alpha value is -2.38. The number of nitrogens with one attached hydrogen (secondary N) is 1. The highest BCUT2D eigenvalue weighted by atomic mass is 16.5. The Kier molecular flexibility index (Phi) is 4.31. The second-order valence-electron chi connectivity index (χ2n) is 5.88. The number of piperidine rings is 1. The summed E-state index contributed by atoms with van der Waals surface area (Å²) < 4.78 is 7.51. The van der Waals surface area contributed by atoms with Gasteiger partial charge >= 0.3 is 0 Å². The fraction of sp³-hybridized carbons (Fsp3) is 0.600. The fourth-order valence-corrected chi connectivity index (χ4v) is 3.07. The van der Waals surface area contributed by atoms with Crippen LogP contribution in [0.1, 0.15) is 42.5 Å². The minimum atomic E-state index is -0.0431. The number of H-pyrrole nitrogens is 1. The smallest absolute Gasteiger partial charge is 0.261 e. The number of carbonyl (C=O) groups excluding carboxylic acids is 1. The lowest BCUT2D eigenvalue weighted by Gasteiger charge is -2.34. The quantitative estimate of drug-likeness (QED) is 0.917. The van der Waals surface area contributed by atoms with E-state index in [9.17, 15) is 4.79 Å². The van der Waals surface area contributed by atoms with Crippen molar-refractivity contribution >= 4 is 5.91 Å². The van der Waals surface area contributed by atoms with E-state index in [1.54, 1.807) is 4.68 Å². The van der Waals surface area contributed by atoms with E-state index in [2.05, 4.69) is 20.3 Å². The van der Waals surface area contributed by atoms with Crippen molar-refractivity contribution in [2.24, 2.45) is 7.05 Å². The molecule has 1 amide bonds. The number of likely N-dealkylation sites (tertiary alicyclic amines) is 1. The molecule has 1 saturated heterocycles. The van der Waals surface area contributed by atoms with Crippen LogP contribution in [-0.2, 0) is 11.8 Å². The zero-order valence-corrected chi connectivity index (χ0v) is 13.7. The summed E-state index contributed by atoms with van der Waals surface area (Å²) >= 11 is 0. The maximum Gasteiger partial charge on any atom is 0.261 e. The Labute approximate surface area is 134 Å². The van der Waals surface area contributed by atoms with Crippen LogP contribution in [0.25, 0.3) is 0 Å². The molecule has 0 aliphatic carbocycles. The molecule has 1 N–H and O–H groups in total. The first-order valence-corrected chi connectivity index (χ1v) is 7.85. The van der Waals surface area contributed by atoms with Crippen LogP contribution in [0.3, 0.4) is 0 Å². The van der Waals surface area contributed by atoms with E-state index < -0.39 is 0 Å². The lowest BCUT2D eigenvalue weighted by atomic mass is 10.0. The number of aryl methyl sites for hydroxylation is 2. The molecule has 23 heavy (non-hydrogen) atoms. The summed E-state index contributed by atoms with van der Waals surface area (Å²) in [5.41, 5.74) is 1.71. The first-order valence-electron chi connectivity index (χ1n) is 7.85. The van der Waals surface area contributed by atoms with Gasteiger partial charge in [-0.1, -0.05) is 0 Å². The maximum atomic E-state index is 12.6. The third kappa shape index (κ3) is 3.06. The fourth-order valence-electron chi connectivity index (χ4n) is 3.07. The van der Waals surface area contributed by atoms with Gasteiger partial charge in [-0.15, -0.1) is 0 Å². The average Bonchev–Trinajstić information content (AvgIpc) is 3.15. The zero-order chi connectivity index (χ0) is 16.4. The van der Waals surface area contributed by atoms with Gasteiger partial charge in [0.05, 0.1) is 11.7 Å². The normalized spacial score (nSPS) is 18.2. The first-order chi connectivity index (χ1) is 11.1. The molecule has 1 atom stereocenters. The van der Waals surface area contributed by atoms with Crippen molar-refractivity contribution < 1.29 is 9.53 Å². The van der Waals surface area contributed by atoms with Gasteiger partial charge in [0.1, 0.15) is 17.8 Å². The second-order valence-corrected chi connectivity index (χ2v) is 5.88. The highest BCUT2D eigenvalue weighted by molar-refractivity contribution is 5.78. The number of aromatic nitrogens is 5. The van der Waals surface area contributed by atoms with Gasteiger partial charge in [-0.2, -0.15) is 10.2 Å². The largest absolute Gasteiger partial charge is 0.480 e. The third-order valence-electron chi connectivity index (χ3n) is 4.36. The van der Waals surface area contributed by atoms with Crippen LogP contribution in [0.2, 0.25) is 0 Å². The molecule has 1 unspecified atom stereocenters. The Morgan fingerprint density at radius 1 is 1.43 bits per heavy atom. The van der Waals surface area contributed by atoms with Gasteiger partial charge in [0, 0.05) is 13.6 Å². The summed E-state index contributed by atoms with van der Waals surface area (Å²) in [5.74, 6) is 1.40. The van der Waals surface area contributed by atoms with Crippen LogP contribution in [-0.4, -0.2) is 48.9 Å². The molecule has 8 nitrogen and oxygen atoms in total. The molecule has 0 bridgehead atoms. The SMILES string of the molecule is Cc1nn(C)c(C)c1OCC(=O)N1CCCCC1c1ncn[nH]1. The second kappa shape index (κ2) is 6.39. The minimum absolute atomic E-state index is 0.0119. The van der Waals surface area contributed by atoms with E-state index in [1.165, 1.54) is 6.33 Å². The van der Waals surface area contributed by atoms with Crippen molar-refractivity contribution in [1.29, 1.82) is 0 Å². The Morgan fingerprint density at radius 2 is 2.26 bits per heavy atom. The molecular weight excluding hydrogens is 296 g/mol. The van der Waals surface area contributed by atoms with Gasteiger partial charge in [0.2, 0.25) is 0 Å². The molecule has 2 aromatic heterocycles. The average molecular weight is 318 g/mol. The Balaban J connectivity index is 1.69. The van der Waals surface area contributed by atoms with Crippen LogP contribution in [0, 0.1) is 13.8 Å². The molecule has 0 spiro atoms. The minimum Gasteiger partial charge on any atom is -0.480 e. The monoisotopic (exact) mass is 318 g/mol. The lowest BCUT2D eigenvalue weighted by Crippen LogP contribution is -2.41. The van der Waals surface area contributed by atoms with Crippen molar-refractivity contribution in [1.82, 2.24) is 29.9 Å². The van der Waals surface area contributed by atoms with Crippen LogP contribution in [0.5, 0.6) is 5.75 Å².